The molecule has 2 N–H and O–H groups in total. The van der Waals surface area contributed by atoms with E-state index in [2.05, 4.69) is 15.8 Å². The highest BCUT2D eigenvalue weighted by molar-refractivity contribution is 6.39. The number of hydrogen-bond acceptors (Lipinski definition) is 4. The Kier molecular flexibility index (Phi) is 3.69. The molecule has 0 spiro atoms. The van der Waals surface area contributed by atoms with Crippen LogP contribution < -0.4 is 10.6 Å². The van der Waals surface area contributed by atoms with E-state index in [0.29, 0.717) is 17.6 Å². The predicted octanol–water partition coefficient (Wildman–Crippen LogP) is 1.86. The predicted molar refractivity (Wildman–Crippen MR) is 76.4 cm³/mol. The highest BCUT2D eigenvalue weighted by Gasteiger charge is 2.42. The molecule has 1 aromatic heterocycles. The molecular formula is C15H21N3O3. The van der Waals surface area contributed by atoms with E-state index in [1.165, 1.54) is 25.7 Å². The Bertz CT molecular complexity index is 554. The molecule has 6 heteroatoms. The van der Waals surface area contributed by atoms with Crippen molar-refractivity contribution in [3.05, 3.63) is 11.8 Å². The van der Waals surface area contributed by atoms with Crippen molar-refractivity contribution in [2.75, 3.05) is 5.32 Å². The first-order chi connectivity index (χ1) is 10.0. The van der Waals surface area contributed by atoms with E-state index < -0.39 is 11.8 Å². The van der Waals surface area contributed by atoms with E-state index >= 15 is 0 Å². The molecule has 2 aliphatic carbocycles. The summed E-state index contributed by atoms with van der Waals surface area (Å²) in [5, 5.41) is 8.90. The summed E-state index contributed by atoms with van der Waals surface area (Å²) in [6.07, 6.45) is 5.05. The maximum atomic E-state index is 11.9. The first kappa shape index (κ1) is 14.1. The molecule has 4 atom stereocenters. The number of nitrogens with zero attached hydrogens (tertiary/aromatic N) is 1. The van der Waals surface area contributed by atoms with Crippen molar-refractivity contribution in [2.45, 2.75) is 45.6 Å². The molecule has 21 heavy (non-hydrogen) atoms. The van der Waals surface area contributed by atoms with Gasteiger partial charge in [0.2, 0.25) is 0 Å². The lowest BCUT2D eigenvalue weighted by atomic mass is 9.84. The van der Waals surface area contributed by atoms with Crippen LogP contribution in [0.3, 0.4) is 0 Å². The molecule has 6 nitrogen and oxygen atoms in total. The Balaban J connectivity index is 1.52. The van der Waals surface area contributed by atoms with Gasteiger partial charge in [-0.25, -0.2) is 0 Å². The van der Waals surface area contributed by atoms with Gasteiger partial charge in [0, 0.05) is 12.1 Å². The van der Waals surface area contributed by atoms with Crippen molar-refractivity contribution >= 4 is 17.6 Å². The third-order valence-electron chi connectivity index (χ3n) is 4.87. The molecule has 2 fully saturated rings. The van der Waals surface area contributed by atoms with Crippen molar-refractivity contribution in [3.63, 3.8) is 0 Å². The van der Waals surface area contributed by atoms with Gasteiger partial charge < -0.3 is 9.84 Å². The highest BCUT2D eigenvalue weighted by atomic mass is 16.5. The van der Waals surface area contributed by atoms with Crippen LogP contribution in [0.1, 0.15) is 38.4 Å². The van der Waals surface area contributed by atoms with Crippen molar-refractivity contribution < 1.29 is 14.1 Å². The zero-order valence-corrected chi connectivity index (χ0v) is 12.4. The molecule has 4 unspecified atom stereocenters. The van der Waals surface area contributed by atoms with Crippen molar-refractivity contribution in [1.82, 2.24) is 10.5 Å². The first-order valence-electron chi connectivity index (χ1n) is 7.58. The molecule has 1 heterocycles. The Hall–Kier alpha value is -1.85. The lowest BCUT2D eigenvalue weighted by Gasteiger charge is -2.28. The van der Waals surface area contributed by atoms with Gasteiger partial charge in [0.25, 0.3) is 0 Å². The van der Waals surface area contributed by atoms with E-state index in [4.69, 9.17) is 4.52 Å². The number of carbonyl (C=O) groups is 2. The van der Waals surface area contributed by atoms with Crippen LogP contribution in [-0.2, 0) is 9.59 Å². The van der Waals surface area contributed by atoms with E-state index in [0.717, 1.165) is 5.92 Å². The molecule has 2 saturated carbocycles. The van der Waals surface area contributed by atoms with Crippen molar-refractivity contribution in [3.8, 4) is 0 Å². The Morgan fingerprint density at radius 3 is 2.71 bits per heavy atom. The van der Waals surface area contributed by atoms with Gasteiger partial charge >= 0.3 is 11.8 Å². The minimum atomic E-state index is -0.696. The average Bonchev–Trinajstić information content (AvgIpc) is 3.15. The fraction of sp³-hybridized carbons (Fsp3) is 0.667. The minimum Gasteiger partial charge on any atom is -0.360 e. The largest absolute Gasteiger partial charge is 0.360 e. The van der Waals surface area contributed by atoms with Gasteiger partial charge in [0.05, 0.1) is 0 Å². The number of aromatic nitrogens is 1. The molecule has 2 amide bonds. The molecule has 0 aromatic carbocycles. The Morgan fingerprint density at radius 2 is 2.14 bits per heavy atom. The monoisotopic (exact) mass is 291 g/mol. The average molecular weight is 291 g/mol. The summed E-state index contributed by atoms with van der Waals surface area (Å²) >= 11 is 0. The van der Waals surface area contributed by atoms with E-state index in [9.17, 15) is 9.59 Å². The summed E-state index contributed by atoms with van der Waals surface area (Å²) in [5.74, 6) is 1.60. The molecule has 2 bridgehead atoms. The van der Waals surface area contributed by atoms with Crippen LogP contribution in [0.4, 0.5) is 5.82 Å². The van der Waals surface area contributed by atoms with Crippen LogP contribution in [0, 0.1) is 24.7 Å². The van der Waals surface area contributed by atoms with Crippen molar-refractivity contribution in [2.24, 2.45) is 17.8 Å². The third-order valence-corrected chi connectivity index (χ3v) is 4.87. The van der Waals surface area contributed by atoms with Crippen LogP contribution in [0.15, 0.2) is 10.6 Å². The molecule has 0 aliphatic heterocycles. The summed E-state index contributed by atoms with van der Waals surface area (Å²) in [6.45, 7) is 3.72. The zero-order chi connectivity index (χ0) is 15.0. The number of fused-ring (bicyclic) bond motifs is 2. The fourth-order valence-corrected chi connectivity index (χ4v) is 3.88. The minimum absolute atomic E-state index is 0.0394. The summed E-state index contributed by atoms with van der Waals surface area (Å²) in [7, 11) is 0. The summed E-state index contributed by atoms with van der Waals surface area (Å²) in [4.78, 5) is 23.8. The van der Waals surface area contributed by atoms with Crippen molar-refractivity contribution in [1.29, 1.82) is 0 Å². The van der Waals surface area contributed by atoms with E-state index in [-0.39, 0.29) is 11.9 Å². The summed E-state index contributed by atoms with van der Waals surface area (Å²) < 4.78 is 4.84. The number of aryl methyl sites for hydroxylation is 1. The molecule has 3 rings (SSSR count). The van der Waals surface area contributed by atoms with Crippen LogP contribution in [0.25, 0.3) is 0 Å². The molecule has 114 valence electrons. The zero-order valence-electron chi connectivity index (χ0n) is 12.4. The molecular weight excluding hydrogens is 270 g/mol. The number of carbonyl (C=O) groups excluding carboxylic acids is 2. The second-order valence-corrected chi connectivity index (χ2v) is 6.38. The smallest absolute Gasteiger partial charge is 0.314 e. The number of rotatable bonds is 3. The van der Waals surface area contributed by atoms with Gasteiger partial charge in [-0.3, -0.25) is 14.9 Å². The normalized spacial score (nSPS) is 28.4. The Morgan fingerprint density at radius 1 is 1.33 bits per heavy atom. The fourth-order valence-electron chi connectivity index (χ4n) is 3.88. The molecule has 1 aromatic rings. The SMILES string of the molecule is Cc1cc(NC(=O)C(=O)NC(C)C2CC3CCC2C3)no1. The third kappa shape index (κ3) is 2.94. The van der Waals surface area contributed by atoms with Gasteiger partial charge in [-0.2, -0.15) is 0 Å². The second kappa shape index (κ2) is 5.50. The highest BCUT2D eigenvalue weighted by Crippen LogP contribution is 2.49. The van der Waals surface area contributed by atoms with Crippen LogP contribution in [-0.4, -0.2) is 23.0 Å². The van der Waals surface area contributed by atoms with Gasteiger partial charge in [-0.05, 0) is 50.9 Å². The molecule has 0 radical (unpaired) electrons. The van der Waals surface area contributed by atoms with E-state index in [1.54, 1.807) is 13.0 Å². The van der Waals surface area contributed by atoms with Gasteiger partial charge in [-0.15, -0.1) is 0 Å². The maximum absolute atomic E-state index is 11.9. The lowest BCUT2D eigenvalue weighted by Crippen LogP contribution is -2.45. The standard InChI is InChI=1S/C15H21N3O3/c1-8-5-13(18-21-8)17-15(20)14(19)16-9(2)12-7-10-3-4-11(12)6-10/h5,9-12H,3-4,6-7H2,1-2H3,(H,16,19)(H,17,18,20). The maximum Gasteiger partial charge on any atom is 0.314 e. The summed E-state index contributed by atoms with van der Waals surface area (Å²) in [5.41, 5.74) is 0. The van der Waals surface area contributed by atoms with Crippen LogP contribution in [0.2, 0.25) is 0 Å². The van der Waals surface area contributed by atoms with Gasteiger partial charge in [-0.1, -0.05) is 11.6 Å². The molecule has 0 saturated heterocycles. The van der Waals surface area contributed by atoms with Gasteiger partial charge in [0.1, 0.15) is 5.76 Å². The number of hydrogen-bond donors (Lipinski definition) is 2. The lowest BCUT2D eigenvalue weighted by molar-refractivity contribution is -0.136. The molecule has 2 aliphatic rings. The first-order valence-corrected chi connectivity index (χ1v) is 7.58. The van der Waals surface area contributed by atoms with E-state index in [1.807, 2.05) is 6.92 Å². The Labute approximate surface area is 123 Å². The van der Waals surface area contributed by atoms with Crippen LogP contribution in [0.5, 0.6) is 0 Å². The summed E-state index contributed by atoms with van der Waals surface area (Å²) in [6, 6.07) is 1.61. The second-order valence-electron chi connectivity index (χ2n) is 6.38. The number of amides is 2. The quantitative estimate of drug-likeness (QED) is 0.833. The van der Waals surface area contributed by atoms with Gasteiger partial charge in [0.15, 0.2) is 5.82 Å². The van der Waals surface area contributed by atoms with Crippen LogP contribution >= 0.6 is 0 Å². The number of anilines is 1. The number of nitrogens with one attached hydrogen (secondary N) is 2. The topological polar surface area (TPSA) is 84.2 Å².